The second-order valence-corrected chi connectivity index (χ2v) is 7.70. The zero-order valence-electron chi connectivity index (χ0n) is 17.2. The van der Waals surface area contributed by atoms with E-state index in [9.17, 15) is 9.18 Å². The predicted molar refractivity (Wildman–Crippen MR) is 115 cm³/mol. The molecular weight excluding hydrogens is 399 g/mol. The number of halogens is 1. The highest BCUT2D eigenvalue weighted by molar-refractivity contribution is 6.00. The van der Waals surface area contributed by atoms with Gasteiger partial charge in [0.2, 0.25) is 0 Å². The minimum atomic E-state index is -0.290. The molecule has 0 atom stereocenters. The predicted octanol–water partition coefficient (Wildman–Crippen LogP) is 2.62. The molecule has 2 aromatic carbocycles. The second-order valence-electron chi connectivity index (χ2n) is 7.70. The number of carbonyl (C=O) groups is 1. The number of morpholine rings is 1. The van der Waals surface area contributed by atoms with E-state index in [4.69, 9.17) is 4.74 Å². The Balaban J connectivity index is 1.34. The van der Waals surface area contributed by atoms with Crippen LogP contribution in [0.15, 0.2) is 30.3 Å². The molecule has 31 heavy (non-hydrogen) atoms. The molecule has 9 heteroatoms. The highest BCUT2D eigenvalue weighted by atomic mass is 19.1. The van der Waals surface area contributed by atoms with Gasteiger partial charge in [-0.05, 0) is 37.3 Å². The standard InChI is InChI=1S/C22H23FN6O2/c1-13-16(23)4-5-17-19(13)26-21(25-17)20-15-3-2-14(12-18(15)27-28-20)22(30)24-6-7-29-8-10-31-11-9-29/h2-5,12H,6-11H2,1H3,(H,24,30)(H,25,26)(H,27,28). The quantitative estimate of drug-likeness (QED) is 0.459. The molecule has 0 aliphatic carbocycles. The second kappa shape index (κ2) is 8.09. The molecule has 0 saturated carbocycles. The molecule has 5 rings (SSSR count). The van der Waals surface area contributed by atoms with Gasteiger partial charge < -0.3 is 15.0 Å². The van der Waals surface area contributed by atoms with Crippen LogP contribution >= 0.6 is 0 Å². The van der Waals surface area contributed by atoms with E-state index in [2.05, 4.69) is 30.4 Å². The van der Waals surface area contributed by atoms with Crippen molar-refractivity contribution in [3.05, 3.63) is 47.3 Å². The Morgan fingerprint density at radius 2 is 2.06 bits per heavy atom. The SMILES string of the molecule is Cc1c(F)ccc2[nH]c(-c3n[nH]c4cc(C(=O)NCCN5CCOCC5)ccc34)nc12. The lowest BCUT2D eigenvalue weighted by atomic mass is 10.1. The van der Waals surface area contributed by atoms with Gasteiger partial charge in [-0.25, -0.2) is 9.37 Å². The summed E-state index contributed by atoms with van der Waals surface area (Å²) in [6.45, 7) is 6.37. The van der Waals surface area contributed by atoms with Crippen LogP contribution in [0.5, 0.6) is 0 Å². The molecular formula is C22H23FN6O2. The smallest absolute Gasteiger partial charge is 0.251 e. The Morgan fingerprint density at radius 1 is 1.23 bits per heavy atom. The van der Waals surface area contributed by atoms with Crippen LogP contribution < -0.4 is 5.32 Å². The van der Waals surface area contributed by atoms with Gasteiger partial charge in [0.25, 0.3) is 5.91 Å². The molecule has 160 valence electrons. The molecule has 2 aromatic heterocycles. The van der Waals surface area contributed by atoms with E-state index < -0.39 is 0 Å². The molecule has 1 aliphatic rings. The largest absolute Gasteiger partial charge is 0.379 e. The Bertz CT molecular complexity index is 1260. The van der Waals surface area contributed by atoms with Crippen LogP contribution in [0.1, 0.15) is 15.9 Å². The van der Waals surface area contributed by atoms with Crippen molar-refractivity contribution in [2.45, 2.75) is 6.92 Å². The van der Waals surface area contributed by atoms with Crippen LogP contribution in [0.4, 0.5) is 4.39 Å². The lowest BCUT2D eigenvalue weighted by Gasteiger charge is -2.26. The molecule has 3 N–H and O–H groups in total. The Labute approximate surface area is 177 Å². The molecule has 1 amide bonds. The lowest BCUT2D eigenvalue weighted by molar-refractivity contribution is 0.0383. The summed E-state index contributed by atoms with van der Waals surface area (Å²) in [6, 6.07) is 8.50. The number of rotatable bonds is 5. The van der Waals surface area contributed by atoms with Crippen molar-refractivity contribution in [3.63, 3.8) is 0 Å². The Morgan fingerprint density at radius 3 is 2.90 bits per heavy atom. The summed E-state index contributed by atoms with van der Waals surface area (Å²) in [7, 11) is 0. The maximum absolute atomic E-state index is 13.8. The van der Waals surface area contributed by atoms with Crippen molar-refractivity contribution >= 4 is 27.8 Å². The summed E-state index contributed by atoms with van der Waals surface area (Å²) in [4.78, 5) is 22.6. The van der Waals surface area contributed by atoms with Crippen molar-refractivity contribution in [2.75, 3.05) is 39.4 Å². The number of carbonyl (C=O) groups excluding carboxylic acids is 1. The summed E-state index contributed by atoms with van der Waals surface area (Å²) in [6.07, 6.45) is 0. The summed E-state index contributed by atoms with van der Waals surface area (Å²) in [5.41, 5.74) is 3.76. The average Bonchev–Trinajstić information content (AvgIpc) is 3.41. The van der Waals surface area contributed by atoms with Crippen LogP contribution in [0.25, 0.3) is 33.5 Å². The first-order chi connectivity index (χ1) is 15.1. The summed E-state index contributed by atoms with van der Waals surface area (Å²) in [5.74, 6) is 0.139. The van der Waals surface area contributed by atoms with E-state index in [1.165, 1.54) is 6.07 Å². The zero-order valence-corrected chi connectivity index (χ0v) is 17.2. The van der Waals surface area contributed by atoms with Gasteiger partial charge in [0, 0.05) is 42.7 Å². The normalized spacial score (nSPS) is 15.0. The fourth-order valence-electron chi connectivity index (χ4n) is 3.90. The maximum atomic E-state index is 13.8. The molecule has 3 heterocycles. The van der Waals surface area contributed by atoms with Gasteiger partial charge >= 0.3 is 0 Å². The number of fused-ring (bicyclic) bond motifs is 2. The van der Waals surface area contributed by atoms with Crippen LogP contribution in [-0.2, 0) is 4.74 Å². The number of aryl methyl sites for hydroxylation is 1. The van der Waals surface area contributed by atoms with Crippen LogP contribution in [0, 0.1) is 12.7 Å². The molecule has 0 spiro atoms. The van der Waals surface area contributed by atoms with E-state index in [-0.39, 0.29) is 11.7 Å². The molecule has 1 fully saturated rings. The highest BCUT2D eigenvalue weighted by Gasteiger charge is 2.16. The molecule has 1 saturated heterocycles. The number of imidazole rings is 1. The third kappa shape index (κ3) is 3.77. The van der Waals surface area contributed by atoms with Gasteiger partial charge in [0.15, 0.2) is 5.82 Å². The van der Waals surface area contributed by atoms with Gasteiger partial charge in [-0.2, -0.15) is 5.10 Å². The van der Waals surface area contributed by atoms with Crippen molar-refractivity contribution < 1.29 is 13.9 Å². The monoisotopic (exact) mass is 422 g/mol. The Hall–Kier alpha value is -3.30. The molecule has 0 bridgehead atoms. The number of ether oxygens (including phenoxy) is 1. The van der Waals surface area contributed by atoms with Crippen LogP contribution in [0.3, 0.4) is 0 Å². The van der Waals surface area contributed by atoms with Crippen LogP contribution in [-0.4, -0.2) is 70.4 Å². The van der Waals surface area contributed by atoms with Crippen molar-refractivity contribution in [3.8, 4) is 11.5 Å². The van der Waals surface area contributed by atoms with Gasteiger partial charge in [0.1, 0.15) is 11.5 Å². The highest BCUT2D eigenvalue weighted by Crippen LogP contribution is 2.28. The fraction of sp³-hybridized carbons (Fsp3) is 0.318. The van der Waals surface area contributed by atoms with E-state index in [0.717, 1.165) is 49.3 Å². The minimum absolute atomic E-state index is 0.124. The third-order valence-corrected chi connectivity index (χ3v) is 5.71. The topological polar surface area (TPSA) is 98.9 Å². The number of aromatic amines is 2. The van der Waals surface area contributed by atoms with Gasteiger partial charge in [-0.3, -0.25) is 14.8 Å². The van der Waals surface area contributed by atoms with E-state index in [1.807, 2.05) is 6.07 Å². The zero-order chi connectivity index (χ0) is 21.4. The molecule has 4 aromatic rings. The number of benzene rings is 2. The first kappa shape index (κ1) is 19.7. The average molecular weight is 422 g/mol. The van der Waals surface area contributed by atoms with E-state index in [1.54, 1.807) is 25.1 Å². The maximum Gasteiger partial charge on any atom is 0.251 e. The first-order valence-corrected chi connectivity index (χ1v) is 10.3. The van der Waals surface area contributed by atoms with E-state index in [0.29, 0.717) is 34.7 Å². The molecule has 1 aliphatic heterocycles. The van der Waals surface area contributed by atoms with Gasteiger partial charge in [-0.15, -0.1) is 0 Å². The number of nitrogens with zero attached hydrogens (tertiary/aromatic N) is 3. The summed E-state index contributed by atoms with van der Waals surface area (Å²) >= 11 is 0. The first-order valence-electron chi connectivity index (χ1n) is 10.3. The summed E-state index contributed by atoms with van der Waals surface area (Å²) in [5, 5.41) is 11.2. The fourth-order valence-corrected chi connectivity index (χ4v) is 3.90. The number of nitrogens with one attached hydrogen (secondary N) is 3. The van der Waals surface area contributed by atoms with Gasteiger partial charge in [-0.1, -0.05) is 0 Å². The number of aromatic nitrogens is 4. The van der Waals surface area contributed by atoms with Crippen molar-refractivity contribution in [1.82, 2.24) is 30.4 Å². The number of H-pyrrole nitrogens is 2. The van der Waals surface area contributed by atoms with Crippen molar-refractivity contribution in [1.29, 1.82) is 0 Å². The third-order valence-electron chi connectivity index (χ3n) is 5.71. The summed E-state index contributed by atoms with van der Waals surface area (Å²) < 4.78 is 19.2. The van der Waals surface area contributed by atoms with E-state index >= 15 is 0 Å². The molecule has 0 unspecified atom stereocenters. The Kier molecular flexibility index (Phi) is 5.13. The molecule has 8 nitrogen and oxygen atoms in total. The van der Waals surface area contributed by atoms with Crippen LogP contribution in [0.2, 0.25) is 0 Å². The minimum Gasteiger partial charge on any atom is -0.379 e. The molecule has 0 radical (unpaired) electrons. The lowest BCUT2D eigenvalue weighted by Crippen LogP contribution is -2.41. The number of hydrogen-bond acceptors (Lipinski definition) is 5. The number of hydrogen-bond donors (Lipinski definition) is 3. The van der Waals surface area contributed by atoms with Gasteiger partial charge in [0.05, 0.1) is 29.8 Å². The van der Waals surface area contributed by atoms with Crippen molar-refractivity contribution in [2.24, 2.45) is 0 Å². The number of amides is 1.